The maximum absolute atomic E-state index is 6.07. The molecule has 0 N–H and O–H groups in total. The molecule has 8 rings (SSSR count). The molecule has 208 valence electrons. The first-order valence-corrected chi connectivity index (χ1v) is 15.4. The molecule has 0 bridgehead atoms. The average Bonchev–Trinajstić information content (AvgIpc) is 3.40. The number of benzene rings is 7. The lowest BCUT2D eigenvalue weighted by molar-refractivity contribution is 0.768. The van der Waals surface area contributed by atoms with Crippen molar-refractivity contribution in [2.45, 2.75) is 5.41 Å². The molecule has 0 heterocycles. The number of fused-ring (bicyclic) bond motifs is 3. The molecule has 0 nitrogen and oxygen atoms in total. The maximum atomic E-state index is 6.07. The summed E-state index contributed by atoms with van der Waals surface area (Å²) in [5.74, 6) is 0. The van der Waals surface area contributed by atoms with Crippen LogP contribution in [0.3, 0.4) is 0 Å². The van der Waals surface area contributed by atoms with Gasteiger partial charge < -0.3 is 0 Å². The first-order valence-electron chi connectivity index (χ1n) is 15.0. The van der Waals surface area contributed by atoms with Crippen LogP contribution in [0.25, 0.3) is 44.5 Å². The number of rotatable bonds is 5. The van der Waals surface area contributed by atoms with Crippen LogP contribution in [0, 0.1) is 0 Å². The maximum Gasteiger partial charge on any atom is 0.0713 e. The third-order valence-corrected chi connectivity index (χ3v) is 9.32. The Kier molecular flexibility index (Phi) is 6.51. The molecule has 0 atom stereocenters. The lowest BCUT2D eigenvalue weighted by Crippen LogP contribution is -2.28. The molecule has 0 unspecified atom stereocenters. The summed E-state index contributed by atoms with van der Waals surface area (Å²) in [4.78, 5) is 0. The molecular weight excluding hydrogens is 552 g/mol. The third-order valence-electron chi connectivity index (χ3n) is 9.07. The van der Waals surface area contributed by atoms with E-state index >= 15 is 0 Å². The predicted molar refractivity (Wildman–Crippen MR) is 185 cm³/mol. The number of hydrogen-bond donors (Lipinski definition) is 0. The minimum Gasteiger partial charge on any atom is -0.0843 e. The average molecular weight is 581 g/mol. The second-order valence-corrected chi connectivity index (χ2v) is 11.9. The summed E-state index contributed by atoms with van der Waals surface area (Å²) in [6.45, 7) is 0. The van der Waals surface area contributed by atoms with E-state index in [1.165, 1.54) is 61.2 Å². The fourth-order valence-corrected chi connectivity index (χ4v) is 7.11. The summed E-state index contributed by atoms with van der Waals surface area (Å²) in [5, 5.41) is 0.754. The molecule has 0 aromatic heterocycles. The number of hydrogen-bond acceptors (Lipinski definition) is 0. The Morgan fingerprint density at radius 3 is 1.23 bits per heavy atom. The topological polar surface area (TPSA) is 0 Å². The molecule has 0 saturated carbocycles. The van der Waals surface area contributed by atoms with Crippen molar-refractivity contribution in [3.63, 3.8) is 0 Å². The Morgan fingerprint density at radius 2 is 0.705 bits per heavy atom. The van der Waals surface area contributed by atoms with Crippen molar-refractivity contribution in [3.8, 4) is 44.5 Å². The first kappa shape index (κ1) is 26.5. The monoisotopic (exact) mass is 580 g/mol. The van der Waals surface area contributed by atoms with E-state index in [1.807, 2.05) is 12.1 Å². The third kappa shape index (κ3) is 4.30. The van der Waals surface area contributed by atoms with Gasteiger partial charge in [-0.25, -0.2) is 0 Å². The number of halogens is 1. The molecule has 1 aliphatic carbocycles. The van der Waals surface area contributed by atoms with Gasteiger partial charge in [0.1, 0.15) is 0 Å². The van der Waals surface area contributed by atoms with E-state index < -0.39 is 0 Å². The van der Waals surface area contributed by atoms with Crippen molar-refractivity contribution in [2.24, 2.45) is 0 Å². The van der Waals surface area contributed by atoms with Crippen LogP contribution in [-0.4, -0.2) is 0 Å². The van der Waals surface area contributed by atoms with E-state index in [0.717, 1.165) is 10.6 Å². The van der Waals surface area contributed by atoms with Crippen molar-refractivity contribution in [2.75, 3.05) is 0 Å². The van der Waals surface area contributed by atoms with Gasteiger partial charge in [-0.3, -0.25) is 0 Å². The van der Waals surface area contributed by atoms with Crippen LogP contribution < -0.4 is 0 Å². The zero-order valence-corrected chi connectivity index (χ0v) is 24.9. The Hall–Kier alpha value is -5.17. The Balaban J connectivity index is 1.18. The highest BCUT2D eigenvalue weighted by atomic mass is 35.5. The Morgan fingerprint density at radius 1 is 0.318 bits per heavy atom. The second-order valence-electron chi connectivity index (χ2n) is 11.4. The molecule has 0 fully saturated rings. The first-order chi connectivity index (χ1) is 21.7. The van der Waals surface area contributed by atoms with Crippen LogP contribution in [0.4, 0.5) is 0 Å². The van der Waals surface area contributed by atoms with Gasteiger partial charge in [-0.1, -0.05) is 169 Å². The minimum atomic E-state index is -0.366. The highest BCUT2D eigenvalue weighted by Crippen LogP contribution is 2.56. The fraction of sp³-hybridized carbons (Fsp3) is 0.0233. The summed E-state index contributed by atoms with van der Waals surface area (Å²) < 4.78 is 0. The highest BCUT2D eigenvalue weighted by Gasteiger charge is 2.45. The minimum absolute atomic E-state index is 0.366. The Bertz CT molecular complexity index is 2030. The molecule has 0 radical (unpaired) electrons. The predicted octanol–water partition coefficient (Wildman–Crippen LogP) is 11.7. The smallest absolute Gasteiger partial charge is 0.0713 e. The summed E-state index contributed by atoms with van der Waals surface area (Å²) in [7, 11) is 0. The second kappa shape index (κ2) is 10.8. The van der Waals surface area contributed by atoms with Gasteiger partial charge in [0.2, 0.25) is 0 Å². The highest BCUT2D eigenvalue weighted by molar-refractivity contribution is 6.30. The van der Waals surface area contributed by atoms with Gasteiger partial charge in [-0.05, 0) is 85.0 Å². The van der Waals surface area contributed by atoms with Crippen molar-refractivity contribution in [1.29, 1.82) is 0 Å². The summed E-state index contributed by atoms with van der Waals surface area (Å²) >= 11 is 6.07. The van der Waals surface area contributed by atoms with E-state index in [2.05, 4.69) is 164 Å². The summed E-state index contributed by atoms with van der Waals surface area (Å²) in [6, 6.07) is 63.5. The molecule has 7 aromatic carbocycles. The van der Waals surface area contributed by atoms with Crippen LogP contribution in [0.5, 0.6) is 0 Å². The Labute approximate surface area is 263 Å². The van der Waals surface area contributed by atoms with Gasteiger partial charge in [0, 0.05) is 5.02 Å². The molecule has 7 aromatic rings. The lowest BCUT2D eigenvalue weighted by atomic mass is 9.67. The van der Waals surface area contributed by atoms with Gasteiger partial charge in [0.25, 0.3) is 0 Å². The van der Waals surface area contributed by atoms with Crippen molar-refractivity contribution in [3.05, 3.63) is 203 Å². The zero-order chi connectivity index (χ0) is 29.5. The van der Waals surface area contributed by atoms with Gasteiger partial charge in [-0.2, -0.15) is 0 Å². The van der Waals surface area contributed by atoms with E-state index in [4.69, 9.17) is 11.6 Å². The SMILES string of the molecule is Clc1ccc(-c2ccc(-c3ccc(-c4ccc5c(c4)-c4ccccc4C5(c4ccccc4)c4ccccc4)cc3)cc2)cc1. The van der Waals surface area contributed by atoms with Gasteiger partial charge in [0.15, 0.2) is 0 Å². The van der Waals surface area contributed by atoms with Crippen molar-refractivity contribution in [1.82, 2.24) is 0 Å². The molecule has 1 heteroatoms. The van der Waals surface area contributed by atoms with Crippen LogP contribution in [0.2, 0.25) is 5.02 Å². The quantitative estimate of drug-likeness (QED) is 0.190. The van der Waals surface area contributed by atoms with E-state index in [9.17, 15) is 0 Å². The normalized spacial score (nSPS) is 12.8. The van der Waals surface area contributed by atoms with Gasteiger partial charge >= 0.3 is 0 Å². The largest absolute Gasteiger partial charge is 0.0843 e. The molecule has 0 amide bonds. The lowest BCUT2D eigenvalue weighted by Gasteiger charge is -2.33. The van der Waals surface area contributed by atoms with Crippen molar-refractivity contribution >= 4 is 11.6 Å². The molecule has 44 heavy (non-hydrogen) atoms. The van der Waals surface area contributed by atoms with Crippen LogP contribution in [0.15, 0.2) is 176 Å². The van der Waals surface area contributed by atoms with Crippen LogP contribution in [-0.2, 0) is 5.41 Å². The summed E-state index contributed by atoms with van der Waals surface area (Å²) in [6.07, 6.45) is 0. The zero-order valence-electron chi connectivity index (χ0n) is 24.1. The molecular formula is C43H29Cl. The molecule has 1 aliphatic rings. The van der Waals surface area contributed by atoms with Crippen LogP contribution in [0.1, 0.15) is 22.3 Å². The van der Waals surface area contributed by atoms with E-state index in [1.54, 1.807) is 0 Å². The summed E-state index contributed by atoms with van der Waals surface area (Å²) in [5.41, 5.74) is 14.7. The molecule has 0 aliphatic heterocycles. The fourth-order valence-electron chi connectivity index (χ4n) is 6.98. The van der Waals surface area contributed by atoms with Crippen LogP contribution >= 0.6 is 11.6 Å². The van der Waals surface area contributed by atoms with Gasteiger partial charge in [-0.15, -0.1) is 0 Å². The molecule has 0 spiro atoms. The standard InChI is InChI=1S/C43H29Cl/c44-38-26-23-33(24-27-38)32-17-15-30(16-18-32)31-19-21-34(22-20-31)35-25-28-42-40(29-35)39-13-7-8-14-41(39)43(42,36-9-3-1-4-10-36)37-11-5-2-6-12-37/h1-29H. The van der Waals surface area contributed by atoms with E-state index in [0.29, 0.717) is 0 Å². The van der Waals surface area contributed by atoms with Gasteiger partial charge in [0.05, 0.1) is 5.41 Å². The van der Waals surface area contributed by atoms with E-state index in [-0.39, 0.29) is 5.41 Å². The molecule has 0 saturated heterocycles. The van der Waals surface area contributed by atoms with Crippen molar-refractivity contribution < 1.29 is 0 Å².